The summed E-state index contributed by atoms with van der Waals surface area (Å²) < 4.78 is 6.50. The number of morpholine rings is 1. The molecule has 0 spiro atoms. The molecule has 0 saturated carbocycles. The Morgan fingerprint density at radius 3 is 2.42 bits per heavy atom. The summed E-state index contributed by atoms with van der Waals surface area (Å²) in [5.41, 5.74) is 10.6. The predicted molar refractivity (Wildman–Crippen MR) is 114 cm³/mol. The summed E-state index contributed by atoms with van der Waals surface area (Å²) in [5, 5.41) is 0.780. The molecule has 0 aromatic heterocycles. The van der Waals surface area contributed by atoms with Gasteiger partial charge in [0.15, 0.2) is 5.17 Å². The number of thioether (sulfide) groups is 1. The Morgan fingerprint density at radius 1 is 1.04 bits per heavy atom. The minimum Gasteiger partial charge on any atom is -0.378 e. The van der Waals surface area contributed by atoms with Gasteiger partial charge < -0.3 is 15.4 Å². The molecule has 1 saturated heterocycles. The maximum absolute atomic E-state index is 6.11. The van der Waals surface area contributed by atoms with E-state index in [-0.39, 0.29) is 5.25 Å². The van der Waals surface area contributed by atoms with E-state index in [2.05, 4.69) is 80.4 Å². The van der Waals surface area contributed by atoms with Gasteiger partial charge in [-0.15, -0.1) is 0 Å². The van der Waals surface area contributed by atoms with E-state index in [1.807, 2.05) is 0 Å². The molecule has 26 heavy (non-hydrogen) atoms. The molecule has 2 aliphatic rings. The SMILES string of the molecule is NC1=NC(c2ccc(N3CCOCC3)cc2)=CC(c2ccc(Br)cc2)S1. The average molecular weight is 430 g/mol. The first-order valence-corrected chi connectivity index (χ1v) is 10.3. The Morgan fingerprint density at radius 2 is 1.73 bits per heavy atom. The first kappa shape index (κ1) is 17.6. The minimum atomic E-state index is 0.175. The van der Waals surface area contributed by atoms with Crippen LogP contribution in [0.1, 0.15) is 16.4 Å². The monoisotopic (exact) mass is 429 g/mol. The van der Waals surface area contributed by atoms with E-state index < -0.39 is 0 Å². The van der Waals surface area contributed by atoms with E-state index in [4.69, 9.17) is 10.5 Å². The molecule has 1 unspecified atom stereocenters. The smallest absolute Gasteiger partial charge is 0.160 e. The van der Waals surface area contributed by atoms with Crippen molar-refractivity contribution in [1.82, 2.24) is 0 Å². The van der Waals surface area contributed by atoms with Crippen molar-refractivity contribution < 1.29 is 4.74 Å². The predicted octanol–water partition coefficient (Wildman–Crippen LogP) is 4.43. The van der Waals surface area contributed by atoms with Crippen LogP contribution in [-0.2, 0) is 4.74 Å². The van der Waals surface area contributed by atoms with Crippen molar-refractivity contribution in [1.29, 1.82) is 0 Å². The lowest BCUT2D eigenvalue weighted by Gasteiger charge is -2.29. The summed E-state index contributed by atoms with van der Waals surface area (Å²) in [4.78, 5) is 6.91. The number of aliphatic imine (C=N–C) groups is 1. The molecule has 2 aromatic carbocycles. The molecule has 134 valence electrons. The number of amidine groups is 1. The van der Waals surface area contributed by atoms with Crippen LogP contribution in [0.3, 0.4) is 0 Å². The molecule has 4 rings (SSSR count). The van der Waals surface area contributed by atoms with Gasteiger partial charge in [0.1, 0.15) is 0 Å². The van der Waals surface area contributed by atoms with Gasteiger partial charge in [0.25, 0.3) is 0 Å². The van der Waals surface area contributed by atoms with Gasteiger partial charge >= 0.3 is 0 Å². The number of nitrogens with zero attached hydrogens (tertiary/aromatic N) is 2. The number of rotatable bonds is 3. The third-order valence-electron chi connectivity index (χ3n) is 4.53. The number of ether oxygens (including phenoxy) is 1. The Kier molecular flexibility index (Phi) is 5.33. The highest BCUT2D eigenvalue weighted by atomic mass is 79.9. The fraction of sp³-hybridized carbons (Fsp3) is 0.250. The molecule has 0 amide bonds. The van der Waals surface area contributed by atoms with Crippen LogP contribution in [-0.4, -0.2) is 31.5 Å². The van der Waals surface area contributed by atoms with Gasteiger partial charge in [-0.05, 0) is 35.9 Å². The number of halogens is 1. The molecular weight excluding hydrogens is 410 g/mol. The van der Waals surface area contributed by atoms with Gasteiger partial charge in [-0.2, -0.15) is 0 Å². The van der Waals surface area contributed by atoms with Crippen molar-refractivity contribution in [2.75, 3.05) is 31.2 Å². The zero-order chi connectivity index (χ0) is 17.9. The molecule has 4 nitrogen and oxygen atoms in total. The van der Waals surface area contributed by atoms with Crippen LogP contribution in [0.15, 0.2) is 64.1 Å². The topological polar surface area (TPSA) is 50.8 Å². The molecule has 2 heterocycles. The Balaban J connectivity index is 1.57. The first-order valence-electron chi connectivity index (χ1n) is 8.60. The van der Waals surface area contributed by atoms with Crippen molar-refractivity contribution in [3.05, 3.63) is 70.2 Å². The van der Waals surface area contributed by atoms with Crippen LogP contribution in [0.25, 0.3) is 5.70 Å². The number of benzene rings is 2. The third kappa shape index (κ3) is 3.98. The van der Waals surface area contributed by atoms with Crippen molar-refractivity contribution in [3.63, 3.8) is 0 Å². The lowest BCUT2D eigenvalue weighted by atomic mass is 10.1. The lowest BCUT2D eigenvalue weighted by Crippen LogP contribution is -2.36. The Hall–Kier alpha value is -1.76. The maximum atomic E-state index is 6.11. The average Bonchev–Trinajstić information content (AvgIpc) is 2.69. The summed E-state index contributed by atoms with van der Waals surface area (Å²) in [6.45, 7) is 3.46. The number of hydrogen-bond donors (Lipinski definition) is 1. The zero-order valence-electron chi connectivity index (χ0n) is 14.3. The van der Waals surface area contributed by atoms with Gasteiger partial charge in [0.05, 0.1) is 24.2 Å². The second-order valence-electron chi connectivity index (χ2n) is 6.24. The molecule has 2 aromatic rings. The van der Waals surface area contributed by atoms with Crippen LogP contribution < -0.4 is 10.6 Å². The van der Waals surface area contributed by atoms with Crippen molar-refractivity contribution in [3.8, 4) is 0 Å². The highest BCUT2D eigenvalue weighted by molar-refractivity contribution is 9.10. The Labute approximate surface area is 166 Å². The quantitative estimate of drug-likeness (QED) is 0.783. The fourth-order valence-electron chi connectivity index (χ4n) is 3.13. The van der Waals surface area contributed by atoms with Gasteiger partial charge in [0.2, 0.25) is 0 Å². The van der Waals surface area contributed by atoms with E-state index in [0.29, 0.717) is 5.17 Å². The Bertz CT molecular complexity index is 827. The van der Waals surface area contributed by atoms with Gasteiger partial charge in [-0.1, -0.05) is 52.0 Å². The van der Waals surface area contributed by atoms with E-state index in [1.54, 1.807) is 11.8 Å². The third-order valence-corrected chi connectivity index (χ3v) is 6.05. The summed E-state index contributed by atoms with van der Waals surface area (Å²) in [6.07, 6.45) is 2.19. The van der Waals surface area contributed by atoms with Gasteiger partial charge in [-0.25, -0.2) is 4.99 Å². The number of anilines is 1. The van der Waals surface area contributed by atoms with Crippen LogP contribution in [0.5, 0.6) is 0 Å². The molecule has 2 N–H and O–H groups in total. The second-order valence-corrected chi connectivity index (χ2v) is 8.32. The van der Waals surface area contributed by atoms with Crippen LogP contribution >= 0.6 is 27.7 Å². The summed E-state index contributed by atoms with van der Waals surface area (Å²) in [6, 6.07) is 16.9. The maximum Gasteiger partial charge on any atom is 0.160 e. The van der Waals surface area contributed by atoms with Crippen molar-refractivity contribution in [2.45, 2.75) is 5.25 Å². The van der Waals surface area contributed by atoms with E-state index in [1.165, 1.54) is 11.3 Å². The molecule has 0 bridgehead atoms. The largest absolute Gasteiger partial charge is 0.378 e. The van der Waals surface area contributed by atoms with Crippen molar-refractivity contribution >= 4 is 44.2 Å². The van der Waals surface area contributed by atoms with Crippen LogP contribution in [0.4, 0.5) is 5.69 Å². The molecule has 0 radical (unpaired) electrons. The lowest BCUT2D eigenvalue weighted by molar-refractivity contribution is 0.122. The molecular formula is C20H20BrN3OS. The van der Waals surface area contributed by atoms with E-state index in [9.17, 15) is 0 Å². The highest BCUT2D eigenvalue weighted by Crippen LogP contribution is 2.38. The fourth-order valence-corrected chi connectivity index (χ4v) is 4.30. The molecule has 1 fully saturated rings. The highest BCUT2D eigenvalue weighted by Gasteiger charge is 2.19. The summed E-state index contributed by atoms with van der Waals surface area (Å²) in [5.74, 6) is 0. The molecule has 6 heteroatoms. The first-order chi connectivity index (χ1) is 12.7. The van der Waals surface area contributed by atoms with Gasteiger partial charge in [0, 0.05) is 28.8 Å². The summed E-state index contributed by atoms with van der Waals surface area (Å²) in [7, 11) is 0. The molecule has 1 atom stereocenters. The molecule has 0 aliphatic carbocycles. The minimum absolute atomic E-state index is 0.175. The number of nitrogens with two attached hydrogens (primary N) is 1. The normalized spacial score (nSPS) is 20.5. The zero-order valence-corrected chi connectivity index (χ0v) is 16.7. The molecule has 2 aliphatic heterocycles. The van der Waals surface area contributed by atoms with Gasteiger partial charge in [-0.3, -0.25) is 0 Å². The standard InChI is InChI=1S/C20H20BrN3OS/c21-16-5-1-15(2-6-16)19-13-18(23-20(22)26-19)14-3-7-17(8-4-14)24-9-11-25-12-10-24/h1-8,13,19H,9-12H2,(H2,22,23). The summed E-state index contributed by atoms with van der Waals surface area (Å²) >= 11 is 5.07. The van der Waals surface area contributed by atoms with E-state index in [0.717, 1.165) is 42.0 Å². The van der Waals surface area contributed by atoms with Crippen molar-refractivity contribution in [2.24, 2.45) is 10.7 Å². The van der Waals surface area contributed by atoms with E-state index >= 15 is 0 Å². The second kappa shape index (κ2) is 7.86. The van der Waals surface area contributed by atoms with Crippen LogP contribution in [0.2, 0.25) is 0 Å². The van der Waals surface area contributed by atoms with Crippen LogP contribution in [0, 0.1) is 0 Å². The number of hydrogen-bond acceptors (Lipinski definition) is 5.